The summed E-state index contributed by atoms with van der Waals surface area (Å²) in [5.41, 5.74) is 0. The van der Waals surface area contributed by atoms with Crippen LogP contribution in [0.3, 0.4) is 0 Å². The second-order valence-corrected chi connectivity index (χ2v) is 2.82. The van der Waals surface area contributed by atoms with Gasteiger partial charge in [0.1, 0.15) is 5.83 Å². The van der Waals surface area contributed by atoms with Gasteiger partial charge in [-0.25, -0.2) is 4.39 Å². The van der Waals surface area contributed by atoms with Gasteiger partial charge in [-0.05, 0) is 30.6 Å². The largest absolute Gasteiger partial charge is 0.295 e. The Balaban J connectivity index is 2.43. The van der Waals surface area contributed by atoms with Crippen molar-refractivity contribution in [3.05, 3.63) is 36.7 Å². The normalized spacial score (nSPS) is 21.8. The van der Waals surface area contributed by atoms with Crippen molar-refractivity contribution in [3.63, 3.8) is 0 Å². The molecule has 0 heterocycles. The molecule has 0 aliphatic heterocycles. The molecule has 0 aromatic heterocycles. The fourth-order valence-corrected chi connectivity index (χ4v) is 1.13. The van der Waals surface area contributed by atoms with Crippen molar-refractivity contribution in [2.45, 2.75) is 12.8 Å². The molecule has 0 amide bonds. The van der Waals surface area contributed by atoms with Crippen LogP contribution < -0.4 is 0 Å². The summed E-state index contributed by atoms with van der Waals surface area (Å²) < 4.78 is 12.4. The molecule has 0 N–H and O–H groups in total. The van der Waals surface area contributed by atoms with Crippen molar-refractivity contribution in [2.75, 3.05) is 0 Å². The summed E-state index contributed by atoms with van der Waals surface area (Å²) in [7, 11) is 0. The maximum absolute atomic E-state index is 12.4. The van der Waals surface area contributed by atoms with Crippen LogP contribution in [-0.2, 0) is 4.79 Å². The molecular formula is C10H11FO. The number of halogens is 1. The fourth-order valence-electron chi connectivity index (χ4n) is 1.13. The lowest BCUT2D eigenvalue weighted by Gasteiger charge is -2.10. The summed E-state index contributed by atoms with van der Waals surface area (Å²) in [5.74, 6) is -0.0485. The monoisotopic (exact) mass is 166 g/mol. The van der Waals surface area contributed by atoms with Gasteiger partial charge in [0.05, 0.1) is 0 Å². The first kappa shape index (κ1) is 8.91. The van der Waals surface area contributed by atoms with Gasteiger partial charge in [0.2, 0.25) is 0 Å². The van der Waals surface area contributed by atoms with Crippen molar-refractivity contribution in [1.82, 2.24) is 0 Å². The van der Waals surface area contributed by atoms with Gasteiger partial charge in [-0.15, -0.1) is 0 Å². The van der Waals surface area contributed by atoms with Gasteiger partial charge in [-0.1, -0.05) is 12.7 Å². The number of hydrogen-bond acceptors (Lipinski definition) is 1. The Morgan fingerprint density at radius 2 is 2.58 bits per heavy atom. The summed E-state index contributed by atoms with van der Waals surface area (Å²) >= 11 is 0. The van der Waals surface area contributed by atoms with Crippen LogP contribution in [0.15, 0.2) is 36.7 Å². The van der Waals surface area contributed by atoms with Crippen LogP contribution in [0.1, 0.15) is 12.8 Å². The molecule has 12 heavy (non-hydrogen) atoms. The zero-order chi connectivity index (χ0) is 8.97. The second-order valence-electron chi connectivity index (χ2n) is 2.82. The number of ketones is 1. The molecule has 1 atom stereocenters. The molecule has 1 aliphatic rings. The predicted molar refractivity (Wildman–Crippen MR) is 46.3 cm³/mol. The zero-order valence-electron chi connectivity index (χ0n) is 6.79. The van der Waals surface area contributed by atoms with Crippen LogP contribution in [0.5, 0.6) is 0 Å². The Labute approximate surface area is 71.3 Å². The van der Waals surface area contributed by atoms with E-state index in [-0.39, 0.29) is 17.5 Å². The predicted octanol–water partition coefficient (Wildman–Crippen LogP) is 2.56. The Hall–Kier alpha value is -1.18. The highest BCUT2D eigenvalue weighted by Gasteiger charge is 2.10. The van der Waals surface area contributed by atoms with Crippen LogP contribution in [0.25, 0.3) is 0 Å². The van der Waals surface area contributed by atoms with Crippen molar-refractivity contribution in [2.24, 2.45) is 5.92 Å². The first-order valence-electron chi connectivity index (χ1n) is 3.91. The lowest BCUT2D eigenvalue weighted by atomic mass is 9.95. The van der Waals surface area contributed by atoms with Gasteiger partial charge in [-0.2, -0.15) is 0 Å². The maximum Gasteiger partial charge on any atom is 0.155 e. The lowest BCUT2D eigenvalue weighted by Crippen LogP contribution is -2.04. The highest BCUT2D eigenvalue weighted by Crippen LogP contribution is 2.20. The van der Waals surface area contributed by atoms with E-state index < -0.39 is 0 Å². The quantitative estimate of drug-likeness (QED) is 0.589. The van der Waals surface area contributed by atoms with E-state index >= 15 is 0 Å². The Morgan fingerprint density at radius 3 is 3.08 bits per heavy atom. The third-order valence-electron chi connectivity index (χ3n) is 1.83. The minimum atomic E-state index is -0.211. The van der Waals surface area contributed by atoms with Crippen molar-refractivity contribution < 1.29 is 9.18 Å². The smallest absolute Gasteiger partial charge is 0.155 e. The summed E-state index contributed by atoms with van der Waals surface area (Å²) in [4.78, 5) is 10.9. The van der Waals surface area contributed by atoms with Crippen molar-refractivity contribution in [1.29, 1.82) is 0 Å². The highest BCUT2D eigenvalue weighted by molar-refractivity contribution is 5.89. The first-order valence-corrected chi connectivity index (χ1v) is 3.91. The standard InChI is InChI=1S/C10H11FO/c1-2-10(12)7-8-3-5-9(11)6-4-8/h2-3,5-6,8H,1,4,7H2. The number of allylic oxidation sites excluding steroid dienone is 5. The van der Waals surface area contributed by atoms with Gasteiger partial charge in [0, 0.05) is 6.42 Å². The fraction of sp³-hybridized carbons (Fsp3) is 0.300. The van der Waals surface area contributed by atoms with E-state index in [4.69, 9.17) is 0 Å². The summed E-state index contributed by atoms with van der Waals surface area (Å²) in [6.45, 7) is 3.38. The molecule has 0 fully saturated rings. The van der Waals surface area contributed by atoms with Gasteiger partial charge >= 0.3 is 0 Å². The minimum Gasteiger partial charge on any atom is -0.295 e. The van der Waals surface area contributed by atoms with Crippen LogP contribution >= 0.6 is 0 Å². The van der Waals surface area contributed by atoms with E-state index in [1.165, 1.54) is 18.2 Å². The molecule has 0 saturated carbocycles. The average molecular weight is 166 g/mol. The number of carbonyl (C=O) groups excluding carboxylic acids is 1. The van der Waals surface area contributed by atoms with Gasteiger partial charge in [-0.3, -0.25) is 4.79 Å². The molecule has 0 saturated heterocycles. The van der Waals surface area contributed by atoms with E-state index in [1.807, 2.05) is 0 Å². The molecule has 1 aliphatic carbocycles. The van der Waals surface area contributed by atoms with E-state index in [9.17, 15) is 9.18 Å². The Bertz CT molecular complexity index is 251. The first-order chi connectivity index (χ1) is 5.72. The second kappa shape index (κ2) is 4.00. The van der Waals surface area contributed by atoms with Gasteiger partial charge < -0.3 is 0 Å². The Kier molecular flexibility index (Phi) is 2.97. The molecular weight excluding hydrogens is 155 g/mol. The summed E-state index contributed by atoms with van der Waals surface area (Å²) in [5, 5.41) is 0. The molecule has 0 aromatic rings. The van der Waals surface area contributed by atoms with E-state index in [2.05, 4.69) is 6.58 Å². The van der Waals surface area contributed by atoms with E-state index in [0.717, 1.165) is 0 Å². The van der Waals surface area contributed by atoms with Gasteiger partial charge in [0.15, 0.2) is 5.78 Å². The summed E-state index contributed by atoms with van der Waals surface area (Å²) in [6.07, 6.45) is 7.00. The van der Waals surface area contributed by atoms with E-state index in [1.54, 1.807) is 6.08 Å². The van der Waals surface area contributed by atoms with Crippen molar-refractivity contribution in [3.8, 4) is 0 Å². The molecule has 64 valence electrons. The molecule has 2 heteroatoms. The van der Waals surface area contributed by atoms with Crippen LogP contribution in [0.2, 0.25) is 0 Å². The molecule has 1 unspecified atom stereocenters. The number of rotatable bonds is 3. The molecule has 1 nitrogen and oxygen atoms in total. The topological polar surface area (TPSA) is 17.1 Å². The third kappa shape index (κ3) is 2.46. The highest BCUT2D eigenvalue weighted by atomic mass is 19.1. The zero-order valence-corrected chi connectivity index (χ0v) is 6.79. The van der Waals surface area contributed by atoms with E-state index in [0.29, 0.717) is 12.8 Å². The van der Waals surface area contributed by atoms with Crippen LogP contribution in [-0.4, -0.2) is 5.78 Å². The molecule has 1 rings (SSSR count). The third-order valence-corrected chi connectivity index (χ3v) is 1.83. The lowest BCUT2D eigenvalue weighted by molar-refractivity contribution is -0.115. The Morgan fingerprint density at radius 1 is 1.83 bits per heavy atom. The van der Waals surface area contributed by atoms with Crippen LogP contribution in [0.4, 0.5) is 4.39 Å². The molecule has 0 spiro atoms. The van der Waals surface area contributed by atoms with Gasteiger partial charge in [0.25, 0.3) is 0 Å². The maximum atomic E-state index is 12.4. The van der Waals surface area contributed by atoms with Crippen molar-refractivity contribution >= 4 is 5.78 Å². The number of carbonyl (C=O) groups is 1. The molecule has 0 bridgehead atoms. The minimum absolute atomic E-state index is 0.0142. The molecule has 0 radical (unpaired) electrons. The number of hydrogen-bond donors (Lipinski definition) is 0. The summed E-state index contributed by atoms with van der Waals surface area (Å²) in [6, 6.07) is 0. The van der Waals surface area contributed by atoms with Crippen LogP contribution in [0, 0.1) is 5.92 Å². The molecule has 0 aromatic carbocycles. The average Bonchev–Trinajstić information content (AvgIpc) is 2.09. The SMILES string of the molecule is C=CC(=O)CC1C=CC(F)=CC1.